The number of fused-ring (bicyclic) bond motifs is 1. The Hall–Kier alpha value is -2.67. The lowest BCUT2D eigenvalue weighted by Gasteiger charge is -2.09. The molecule has 0 radical (unpaired) electrons. The van der Waals surface area contributed by atoms with E-state index in [1.165, 1.54) is 0 Å². The first-order valence-corrected chi connectivity index (χ1v) is 8.20. The Bertz CT molecular complexity index is 842. The number of aromatic nitrogens is 4. The fourth-order valence-electron chi connectivity index (χ4n) is 2.51. The summed E-state index contributed by atoms with van der Waals surface area (Å²) in [7, 11) is 1.93. The number of likely N-dealkylation sites (N-methyl/N-ethyl adjacent to an activating group) is 1. The van der Waals surface area contributed by atoms with E-state index in [0.29, 0.717) is 12.0 Å². The minimum absolute atomic E-state index is 0.298. The van der Waals surface area contributed by atoms with E-state index in [2.05, 4.69) is 20.7 Å². The lowest BCUT2D eigenvalue weighted by molar-refractivity contribution is 0.292. The van der Waals surface area contributed by atoms with Crippen molar-refractivity contribution in [1.82, 2.24) is 24.9 Å². The number of ether oxygens (including phenoxy) is 1. The Morgan fingerprint density at radius 2 is 2.17 bits per heavy atom. The maximum atomic E-state index is 5.94. The van der Waals surface area contributed by atoms with Crippen LogP contribution in [0.3, 0.4) is 0 Å². The molecule has 0 spiro atoms. The van der Waals surface area contributed by atoms with Crippen LogP contribution in [-0.4, -0.2) is 45.8 Å². The molecule has 0 unspecified atom stereocenters. The quantitative estimate of drug-likeness (QED) is 0.647. The number of hydrogen-bond acceptors (Lipinski definition) is 6. The number of pyridine rings is 1. The Balaban J connectivity index is 1.69. The molecule has 124 valence electrons. The highest BCUT2D eigenvalue weighted by atomic mass is 16.5. The highest BCUT2D eigenvalue weighted by Crippen LogP contribution is 2.34. The second-order valence-electron chi connectivity index (χ2n) is 5.84. The Kier molecular flexibility index (Phi) is 4.00. The zero-order chi connectivity index (χ0) is 16.4. The molecule has 7 nitrogen and oxygen atoms in total. The average Bonchev–Trinajstić information content (AvgIpc) is 3.32. The molecule has 1 aliphatic rings. The van der Waals surface area contributed by atoms with Gasteiger partial charge in [0.2, 0.25) is 5.88 Å². The lowest BCUT2D eigenvalue weighted by atomic mass is 10.1. The monoisotopic (exact) mass is 324 g/mol. The molecule has 3 heterocycles. The summed E-state index contributed by atoms with van der Waals surface area (Å²) in [5.41, 5.74) is 2.65. The number of rotatable bonds is 7. The van der Waals surface area contributed by atoms with Gasteiger partial charge in [-0.25, -0.2) is 14.5 Å². The van der Waals surface area contributed by atoms with Crippen LogP contribution < -0.4 is 15.4 Å². The fourth-order valence-corrected chi connectivity index (χ4v) is 2.51. The topological polar surface area (TPSA) is 76.4 Å². The summed E-state index contributed by atoms with van der Waals surface area (Å²) in [5.74, 6) is 1.48. The van der Waals surface area contributed by atoms with Gasteiger partial charge in [0.05, 0.1) is 11.8 Å². The summed E-state index contributed by atoms with van der Waals surface area (Å²) in [5, 5.41) is 10.8. The lowest BCUT2D eigenvalue weighted by Crippen LogP contribution is -2.18. The standard InChI is InChI=1S/C17H20N6O/c1-18-8-9-19-15-6-10-23-16(22-15)14(11-21-23)13-3-2-7-20-17(13)24-12-4-5-12/h2-3,6-7,10-12,18H,4-5,8-9H2,1H3,(H,19,22). The number of anilines is 1. The largest absolute Gasteiger partial charge is 0.474 e. The maximum absolute atomic E-state index is 5.94. The second kappa shape index (κ2) is 6.45. The van der Waals surface area contributed by atoms with Crippen molar-refractivity contribution >= 4 is 11.5 Å². The Labute approximate surface area is 140 Å². The first kappa shape index (κ1) is 14.9. The van der Waals surface area contributed by atoms with E-state index in [1.807, 2.05) is 37.6 Å². The molecule has 4 rings (SSSR count). The summed E-state index contributed by atoms with van der Waals surface area (Å²) in [6.07, 6.45) is 7.98. The van der Waals surface area contributed by atoms with Crippen molar-refractivity contribution in [2.24, 2.45) is 0 Å². The SMILES string of the molecule is CNCCNc1ccn2ncc(-c3cccnc3OC3CC3)c2n1. The molecule has 1 fully saturated rings. The molecule has 0 amide bonds. The van der Waals surface area contributed by atoms with Crippen LogP contribution >= 0.6 is 0 Å². The average molecular weight is 324 g/mol. The molecule has 2 N–H and O–H groups in total. The van der Waals surface area contributed by atoms with Crippen molar-refractivity contribution < 1.29 is 4.74 Å². The predicted octanol–water partition coefficient (Wildman–Crippen LogP) is 1.96. The van der Waals surface area contributed by atoms with E-state index >= 15 is 0 Å². The van der Waals surface area contributed by atoms with E-state index in [9.17, 15) is 0 Å². The van der Waals surface area contributed by atoms with Gasteiger partial charge in [-0.3, -0.25) is 0 Å². The minimum atomic E-state index is 0.298. The molecule has 0 atom stereocenters. The number of nitrogens with one attached hydrogen (secondary N) is 2. The van der Waals surface area contributed by atoms with Gasteiger partial charge in [-0.15, -0.1) is 0 Å². The highest BCUT2D eigenvalue weighted by Gasteiger charge is 2.26. The van der Waals surface area contributed by atoms with Gasteiger partial charge < -0.3 is 15.4 Å². The van der Waals surface area contributed by atoms with Gasteiger partial charge in [-0.2, -0.15) is 5.10 Å². The van der Waals surface area contributed by atoms with Gasteiger partial charge in [-0.05, 0) is 38.1 Å². The maximum Gasteiger partial charge on any atom is 0.221 e. The van der Waals surface area contributed by atoms with Crippen LogP contribution in [0.4, 0.5) is 5.82 Å². The minimum Gasteiger partial charge on any atom is -0.474 e. The number of hydrogen-bond donors (Lipinski definition) is 2. The molecular weight excluding hydrogens is 304 g/mol. The van der Waals surface area contributed by atoms with Crippen LogP contribution in [-0.2, 0) is 0 Å². The summed E-state index contributed by atoms with van der Waals surface area (Å²) >= 11 is 0. The molecule has 7 heteroatoms. The molecule has 0 aromatic carbocycles. The van der Waals surface area contributed by atoms with Crippen molar-refractivity contribution in [3.05, 3.63) is 36.8 Å². The van der Waals surface area contributed by atoms with Crippen molar-refractivity contribution in [1.29, 1.82) is 0 Å². The molecule has 1 saturated carbocycles. The summed E-state index contributed by atoms with van der Waals surface area (Å²) < 4.78 is 7.71. The van der Waals surface area contributed by atoms with Crippen molar-refractivity contribution in [2.45, 2.75) is 18.9 Å². The molecule has 3 aromatic rings. The van der Waals surface area contributed by atoms with E-state index in [0.717, 1.165) is 48.5 Å². The first-order valence-electron chi connectivity index (χ1n) is 8.20. The molecule has 1 aliphatic carbocycles. The molecule has 3 aromatic heterocycles. The van der Waals surface area contributed by atoms with Gasteiger partial charge in [0.15, 0.2) is 5.65 Å². The van der Waals surface area contributed by atoms with Gasteiger partial charge in [0.25, 0.3) is 0 Å². The van der Waals surface area contributed by atoms with E-state index in [1.54, 1.807) is 10.7 Å². The third kappa shape index (κ3) is 3.03. The third-order valence-electron chi connectivity index (χ3n) is 3.91. The van der Waals surface area contributed by atoms with Crippen LogP contribution in [0.25, 0.3) is 16.8 Å². The smallest absolute Gasteiger partial charge is 0.221 e. The van der Waals surface area contributed by atoms with Crippen molar-refractivity contribution in [3.8, 4) is 17.0 Å². The first-order chi connectivity index (χ1) is 11.8. The van der Waals surface area contributed by atoms with E-state index in [-0.39, 0.29) is 0 Å². The van der Waals surface area contributed by atoms with Crippen LogP contribution in [0.15, 0.2) is 36.8 Å². The molecular formula is C17H20N6O. The van der Waals surface area contributed by atoms with Crippen LogP contribution in [0.1, 0.15) is 12.8 Å². The molecule has 24 heavy (non-hydrogen) atoms. The Morgan fingerprint density at radius 3 is 3.00 bits per heavy atom. The van der Waals surface area contributed by atoms with Crippen LogP contribution in [0.2, 0.25) is 0 Å². The number of nitrogens with zero attached hydrogens (tertiary/aromatic N) is 4. The van der Waals surface area contributed by atoms with Gasteiger partial charge in [0, 0.05) is 31.0 Å². The third-order valence-corrected chi connectivity index (χ3v) is 3.91. The predicted molar refractivity (Wildman–Crippen MR) is 92.3 cm³/mol. The van der Waals surface area contributed by atoms with Crippen molar-refractivity contribution in [3.63, 3.8) is 0 Å². The van der Waals surface area contributed by atoms with E-state index in [4.69, 9.17) is 9.72 Å². The second-order valence-corrected chi connectivity index (χ2v) is 5.84. The zero-order valence-corrected chi connectivity index (χ0v) is 13.6. The van der Waals surface area contributed by atoms with Gasteiger partial charge in [0.1, 0.15) is 11.9 Å². The molecule has 0 aliphatic heterocycles. The van der Waals surface area contributed by atoms with Gasteiger partial charge in [-0.1, -0.05) is 0 Å². The van der Waals surface area contributed by atoms with E-state index < -0.39 is 0 Å². The molecule has 0 saturated heterocycles. The summed E-state index contributed by atoms with van der Waals surface area (Å²) in [6, 6.07) is 5.84. The summed E-state index contributed by atoms with van der Waals surface area (Å²) in [4.78, 5) is 9.09. The van der Waals surface area contributed by atoms with Crippen molar-refractivity contribution in [2.75, 3.05) is 25.5 Å². The molecule has 0 bridgehead atoms. The van der Waals surface area contributed by atoms with Gasteiger partial charge >= 0.3 is 0 Å². The Morgan fingerprint density at radius 1 is 1.25 bits per heavy atom. The highest BCUT2D eigenvalue weighted by molar-refractivity contribution is 5.80. The van der Waals surface area contributed by atoms with Crippen LogP contribution in [0.5, 0.6) is 5.88 Å². The fraction of sp³-hybridized carbons (Fsp3) is 0.353. The van der Waals surface area contributed by atoms with Crippen LogP contribution in [0, 0.1) is 0 Å². The normalized spacial score (nSPS) is 14.0. The summed E-state index contributed by atoms with van der Waals surface area (Å²) in [6.45, 7) is 1.69. The zero-order valence-electron chi connectivity index (χ0n) is 13.6.